The molecule has 0 spiro atoms. The highest BCUT2D eigenvalue weighted by atomic mass is 19.1. The van der Waals surface area contributed by atoms with Crippen molar-refractivity contribution in [1.29, 1.82) is 0 Å². The van der Waals surface area contributed by atoms with E-state index in [4.69, 9.17) is 5.73 Å². The summed E-state index contributed by atoms with van der Waals surface area (Å²) in [5, 5.41) is 4.27. The summed E-state index contributed by atoms with van der Waals surface area (Å²) in [6, 6.07) is 12.3. The van der Waals surface area contributed by atoms with Gasteiger partial charge in [-0.15, -0.1) is 4.68 Å². The molecule has 2 aromatic carbocycles. The molecule has 3 nitrogen and oxygen atoms in total. The van der Waals surface area contributed by atoms with E-state index in [9.17, 15) is 4.39 Å². The lowest BCUT2D eigenvalue weighted by Gasteiger charge is -1.96. The molecule has 0 aliphatic heterocycles. The zero-order chi connectivity index (χ0) is 12.5. The Morgan fingerprint density at radius 1 is 1.11 bits per heavy atom. The summed E-state index contributed by atoms with van der Waals surface area (Å²) in [6.45, 7) is 0.660. The lowest BCUT2D eigenvalue weighted by Crippen LogP contribution is -2.36. The fourth-order valence-electron chi connectivity index (χ4n) is 2.04. The van der Waals surface area contributed by atoms with Gasteiger partial charge >= 0.3 is 0 Å². The van der Waals surface area contributed by atoms with E-state index in [0.29, 0.717) is 6.54 Å². The maximum atomic E-state index is 12.8. The van der Waals surface area contributed by atoms with Gasteiger partial charge in [-0.3, -0.25) is 0 Å². The van der Waals surface area contributed by atoms with Gasteiger partial charge in [0.1, 0.15) is 5.82 Å². The molecule has 0 radical (unpaired) electrons. The van der Waals surface area contributed by atoms with Crippen LogP contribution < -0.4 is 10.4 Å². The van der Waals surface area contributed by atoms with E-state index in [1.165, 1.54) is 12.1 Å². The van der Waals surface area contributed by atoms with Crippen LogP contribution >= 0.6 is 0 Å². The summed E-state index contributed by atoms with van der Waals surface area (Å²) in [7, 11) is 0. The molecule has 0 bridgehead atoms. The third-order valence-electron chi connectivity index (χ3n) is 2.98. The highest BCUT2D eigenvalue weighted by Crippen LogP contribution is 2.13. The summed E-state index contributed by atoms with van der Waals surface area (Å²) in [5.74, 6) is -0.218. The predicted octanol–water partition coefficient (Wildman–Crippen LogP) is 2.23. The summed E-state index contributed by atoms with van der Waals surface area (Å²) >= 11 is 0. The number of hydrogen-bond acceptors (Lipinski definition) is 1. The van der Waals surface area contributed by atoms with Crippen molar-refractivity contribution in [2.24, 2.45) is 0 Å². The van der Waals surface area contributed by atoms with Crippen molar-refractivity contribution in [2.45, 2.75) is 6.54 Å². The number of aromatic amines is 1. The van der Waals surface area contributed by atoms with Crippen molar-refractivity contribution in [3.8, 4) is 0 Å². The van der Waals surface area contributed by atoms with Crippen LogP contribution in [0.25, 0.3) is 10.9 Å². The van der Waals surface area contributed by atoms with Gasteiger partial charge in [-0.2, -0.15) is 5.10 Å². The van der Waals surface area contributed by atoms with Gasteiger partial charge in [-0.1, -0.05) is 0 Å². The Kier molecular flexibility index (Phi) is 2.48. The lowest BCUT2D eigenvalue weighted by atomic mass is 10.2. The molecule has 0 unspecified atom stereocenters. The first-order chi connectivity index (χ1) is 8.72. The van der Waals surface area contributed by atoms with Crippen LogP contribution in [-0.4, -0.2) is 5.10 Å². The number of rotatable bonds is 2. The van der Waals surface area contributed by atoms with Crippen LogP contribution in [0, 0.1) is 5.82 Å². The molecule has 0 atom stereocenters. The Labute approximate surface area is 104 Å². The minimum Gasteiger partial charge on any atom is -0.399 e. The minimum atomic E-state index is -0.218. The van der Waals surface area contributed by atoms with Gasteiger partial charge in [-0.05, 0) is 36.4 Å². The summed E-state index contributed by atoms with van der Waals surface area (Å²) in [4.78, 5) is 0. The van der Waals surface area contributed by atoms with Crippen LogP contribution in [0.2, 0.25) is 0 Å². The number of aromatic nitrogens is 2. The first-order valence-electron chi connectivity index (χ1n) is 5.73. The average molecular weight is 242 g/mol. The van der Waals surface area contributed by atoms with Crippen LogP contribution in [0.4, 0.5) is 10.1 Å². The SMILES string of the molecule is Nc1ccc2c[nH][n+](Cc3ccc(F)cc3)c2c1. The van der Waals surface area contributed by atoms with Gasteiger partial charge in [0.2, 0.25) is 5.52 Å². The van der Waals surface area contributed by atoms with E-state index in [2.05, 4.69) is 5.10 Å². The van der Waals surface area contributed by atoms with Gasteiger partial charge in [-0.25, -0.2) is 4.39 Å². The molecule has 90 valence electrons. The fraction of sp³-hybridized carbons (Fsp3) is 0.0714. The van der Waals surface area contributed by atoms with Crippen LogP contribution in [0.3, 0.4) is 0 Å². The molecular weight excluding hydrogens is 229 g/mol. The lowest BCUT2D eigenvalue weighted by molar-refractivity contribution is -0.718. The van der Waals surface area contributed by atoms with Crippen molar-refractivity contribution < 1.29 is 9.07 Å². The Morgan fingerprint density at radius 2 is 1.89 bits per heavy atom. The number of fused-ring (bicyclic) bond motifs is 1. The number of H-pyrrole nitrogens is 1. The third kappa shape index (κ3) is 1.93. The van der Waals surface area contributed by atoms with Crippen LogP contribution in [0.1, 0.15) is 5.56 Å². The molecular formula is C14H13FN3+. The number of nitrogens with two attached hydrogens (primary N) is 1. The number of nitrogens with zero attached hydrogens (tertiary/aromatic N) is 1. The highest BCUT2D eigenvalue weighted by Gasteiger charge is 2.12. The molecule has 0 fully saturated rings. The van der Waals surface area contributed by atoms with Crippen molar-refractivity contribution >= 4 is 16.6 Å². The average Bonchev–Trinajstić information content (AvgIpc) is 2.75. The molecule has 0 aliphatic carbocycles. The van der Waals surface area contributed by atoms with Gasteiger partial charge in [0.15, 0.2) is 6.54 Å². The minimum absolute atomic E-state index is 0.218. The standard InChI is InChI=1S/C14H12FN3/c15-12-4-1-10(2-5-12)9-18-14-7-13(16)6-3-11(14)8-17-18/h1-8H,9H2,(H2,16,17)/p+1. The number of nitrogens with one attached hydrogen (secondary N) is 1. The molecule has 4 heteroatoms. The molecule has 3 N–H and O–H groups in total. The molecule has 1 aromatic heterocycles. The first kappa shape index (κ1) is 10.8. The summed E-state index contributed by atoms with van der Waals surface area (Å²) < 4.78 is 14.8. The second-order valence-corrected chi connectivity index (χ2v) is 4.30. The van der Waals surface area contributed by atoms with Gasteiger partial charge in [0, 0.05) is 17.3 Å². The molecule has 0 aliphatic rings. The third-order valence-corrected chi connectivity index (χ3v) is 2.98. The Balaban J connectivity index is 1.99. The van der Waals surface area contributed by atoms with Crippen molar-refractivity contribution in [1.82, 2.24) is 5.10 Å². The van der Waals surface area contributed by atoms with Gasteiger partial charge < -0.3 is 5.73 Å². The number of anilines is 1. The summed E-state index contributed by atoms with van der Waals surface area (Å²) in [6.07, 6.45) is 1.93. The Morgan fingerprint density at radius 3 is 2.67 bits per heavy atom. The van der Waals surface area contributed by atoms with Crippen molar-refractivity contribution in [2.75, 3.05) is 5.73 Å². The van der Waals surface area contributed by atoms with Crippen LogP contribution in [-0.2, 0) is 6.54 Å². The van der Waals surface area contributed by atoms with Crippen molar-refractivity contribution in [3.63, 3.8) is 0 Å². The smallest absolute Gasteiger partial charge is 0.240 e. The molecule has 3 rings (SSSR count). The monoisotopic (exact) mass is 242 g/mol. The van der Waals surface area contributed by atoms with E-state index < -0.39 is 0 Å². The Bertz CT molecular complexity index is 686. The largest absolute Gasteiger partial charge is 0.399 e. The second kappa shape index (κ2) is 4.14. The van der Waals surface area contributed by atoms with Crippen molar-refractivity contribution in [3.05, 3.63) is 60.0 Å². The maximum Gasteiger partial charge on any atom is 0.240 e. The molecule has 0 amide bonds. The molecule has 18 heavy (non-hydrogen) atoms. The number of hydrogen-bond donors (Lipinski definition) is 2. The van der Waals surface area contributed by atoms with E-state index in [-0.39, 0.29) is 5.82 Å². The van der Waals surface area contributed by atoms with Crippen LogP contribution in [0.5, 0.6) is 0 Å². The molecule has 0 saturated carbocycles. The molecule has 3 aromatic rings. The highest BCUT2D eigenvalue weighted by molar-refractivity contribution is 5.78. The second-order valence-electron chi connectivity index (χ2n) is 4.30. The van der Waals surface area contributed by atoms with Gasteiger partial charge in [0.25, 0.3) is 0 Å². The van der Waals surface area contributed by atoms with E-state index in [0.717, 1.165) is 22.2 Å². The van der Waals surface area contributed by atoms with E-state index >= 15 is 0 Å². The number of halogens is 1. The predicted molar refractivity (Wildman–Crippen MR) is 68.4 cm³/mol. The number of nitrogen functional groups attached to an aromatic ring is 1. The summed E-state index contributed by atoms with van der Waals surface area (Å²) in [5.41, 5.74) is 8.60. The van der Waals surface area contributed by atoms with Gasteiger partial charge in [0.05, 0.1) is 11.6 Å². The number of benzene rings is 2. The zero-order valence-corrected chi connectivity index (χ0v) is 9.73. The topological polar surface area (TPSA) is 45.7 Å². The van der Waals surface area contributed by atoms with E-state index in [1.54, 1.807) is 12.1 Å². The molecule has 1 heterocycles. The van der Waals surface area contributed by atoms with Crippen LogP contribution in [0.15, 0.2) is 48.7 Å². The fourth-order valence-corrected chi connectivity index (χ4v) is 2.04. The maximum absolute atomic E-state index is 12.8. The quantitative estimate of drug-likeness (QED) is 0.525. The normalized spacial score (nSPS) is 10.9. The molecule has 0 saturated heterocycles. The Hall–Kier alpha value is -2.36. The first-order valence-corrected chi connectivity index (χ1v) is 5.73. The zero-order valence-electron chi connectivity index (χ0n) is 9.73. The van der Waals surface area contributed by atoms with E-state index in [1.807, 2.05) is 29.1 Å².